The molecule has 10 heteroatoms. The Balaban J connectivity index is 0.00000481. The zero-order valence-electron chi connectivity index (χ0n) is 22.0. The predicted octanol–water partition coefficient (Wildman–Crippen LogP) is 5.01. The fraction of sp³-hybridized carbons (Fsp3) is 0.407. The summed E-state index contributed by atoms with van der Waals surface area (Å²) in [5, 5.41) is 4.16. The Morgan fingerprint density at radius 3 is 2.51 bits per heavy atom. The molecular weight excluding hydrogens is 496 g/mol. The molecule has 0 spiro atoms. The molecule has 2 amide bonds. The van der Waals surface area contributed by atoms with Crippen LogP contribution in [0.2, 0.25) is 0 Å². The molecule has 3 rings (SSSR count). The third-order valence-corrected chi connectivity index (χ3v) is 5.45. The Hall–Kier alpha value is -3.27. The molecule has 0 bridgehead atoms. The largest absolute Gasteiger partial charge is 0.493 e. The molecule has 1 aliphatic heterocycles. The van der Waals surface area contributed by atoms with Crippen LogP contribution in [0.15, 0.2) is 54.7 Å². The Kier molecular flexibility index (Phi) is 11.7. The lowest BCUT2D eigenvalue weighted by atomic mass is 10.0. The number of hydrogen-bond acceptors (Lipinski definition) is 7. The van der Waals surface area contributed by atoms with Gasteiger partial charge in [0, 0.05) is 24.0 Å². The highest BCUT2D eigenvalue weighted by Gasteiger charge is 2.23. The fourth-order valence-corrected chi connectivity index (χ4v) is 3.69. The minimum absolute atomic E-state index is 0. The second kappa shape index (κ2) is 14.5. The van der Waals surface area contributed by atoms with E-state index in [1.165, 1.54) is 5.01 Å². The minimum atomic E-state index is -0.517. The summed E-state index contributed by atoms with van der Waals surface area (Å²) < 4.78 is 16.5. The number of amides is 2. The average Bonchev–Trinajstić information content (AvgIpc) is 2.86. The first-order valence-corrected chi connectivity index (χ1v) is 12.1. The van der Waals surface area contributed by atoms with Gasteiger partial charge in [-0.1, -0.05) is 12.1 Å². The summed E-state index contributed by atoms with van der Waals surface area (Å²) in [6, 6.07) is 12.4. The summed E-state index contributed by atoms with van der Waals surface area (Å²) in [7, 11) is 5.55. The number of nitrogens with one attached hydrogen (secondary N) is 2. The maximum atomic E-state index is 13.1. The summed E-state index contributed by atoms with van der Waals surface area (Å²) in [4.78, 5) is 27.1. The number of anilines is 1. The van der Waals surface area contributed by atoms with Crippen molar-refractivity contribution in [1.82, 2.24) is 15.3 Å². The quantitative estimate of drug-likeness (QED) is 0.415. The molecule has 0 fully saturated rings. The molecule has 1 heterocycles. The number of nitrogens with zero attached hydrogens (tertiary/aromatic N) is 2. The van der Waals surface area contributed by atoms with Crippen LogP contribution >= 0.6 is 12.4 Å². The van der Waals surface area contributed by atoms with E-state index in [0.717, 1.165) is 24.9 Å². The van der Waals surface area contributed by atoms with Crippen LogP contribution in [0.3, 0.4) is 0 Å². The normalized spacial score (nSPS) is 14.8. The van der Waals surface area contributed by atoms with Gasteiger partial charge in [0.25, 0.3) is 5.91 Å². The molecular formula is C27H37ClN4O5. The van der Waals surface area contributed by atoms with Crippen LogP contribution in [0, 0.1) is 0 Å². The molecule has 202 valence electrons. The smallest absolute Gasteiger partial charge is 0.411 e. The van der Waals surface area contributed by atoms with E-state index in [9.17, 15) is 9.59 Å². The Bertz CT molecular complexity index is 1060. The van der Waals surface area contributed by atoms with Gasteiger partial charge in [-0.05, 0) is 82.7 Å². The van der Waals surface area contributed by atoms with Crippen molar-refractivity contribution in [2.24, 2.45) is 0 Å². The second-order valence-electron chi connectivity index (χ2n) is 9.05. The van der Waals surface area contributed by atoms with Crippen molar-refractivity contribution in [3.8, 4) is 11.5 Å². The van der Waals surface area contributed by atoms with Gasteiger partial charge < -0.3 is 19.1 Å². The fourth-order valence-electron chi connectivity index (χ4n) is 3.69. The van der Waals surface area contributed by atoms with Crippen molar-refractivity contribution >= 4 is 30.1 Å². The van der Waals surface area contributed by atoms with Gasteiger partial charge in [-0.2, -0.15) is 0 Å². The SMILES string of the molecule is COc1ccc(C2CC=CN(C(=O)c3ccc(NC(=O)OCCCN(C)C)cc3)N2)cc1OC(C)C.Cl. The van der Waals surface area contributed by atoms with Crippen molar-refractivity contribution in [3.05, 3.63) is 65.9 Å². The lowest BCUT2D eigenvalue weighted by Gasteiger charge is -2.30. The number of halogens is 1. The van der Waals surface area contributed by atoms with Crippen LogP contribution < -0.4 is 20.2 Å². The highest BCUT2D eigenvalue weighted by atomic mass is 35.5. The van der Waals surface area contributed by atoms with Crippen molar-refractivity contribution in [3.63, 3.8) is 0 Å². The van der Waals surface area contributed by atoms with Crippen LogP contribution in [0.5, 0.6) is 11.5 Å². The molecule has 0 radical (unpaired) electrons. The molecule has 0 aliphatic carbocycles. The molecule has 0 saturated heterocycles. The molecule has 1 aliphatic rings. The predicted molar refractivity (Wildman–Crippen MR) is 146 cm³/mol. The number of carbonyl (C=O) groups excluding carboxylic acids is 2. The van der Waals surface area contributed by atoms with Crippen LogP contribution in [0.1, 0.15) is 48.7 Å². The number of ether oxygens (including phenoxy) is 3. The summed E-state index contributed by atoms with van der Waals surface area (Å²) in [6.45, 7) is 5.11. The maximum absolute atomic E-state index is 13.1. The third kappa shape index (κ3) is 8.96. The zero-order valence-corrected chi connectivity index (χ0v) is 22.8. The van der Waals surface area contributed by atoms with Crippen LogP contribution in [0.4, 0.5) is 10.5 Å². The van der Waals surface area contributed by atoms with E-state index >= 15 is 0 Å². The Morgan fingerprint density at radius 1 is 1.14 bits per heavy atom. The second-order valence-corrected chi connectivity index (χ2v) is 9.05. The molecule has 0 aromatic heterocycles. The Morgan fingerprint density at radius 2 is 1.86 bits per heavy atom. The van der Waals surface area contributed by atoms with E-state index in [-0.39, 0.29) is 30.5 Å². The third-order valence-electron chi connectivity index (χ3n) is 5.45. The highest BCUT2D eigenvalue weighted by Crippen LogP contribution is 2.33. The number of hydrogen-bond donors (Lipinski definition) is 2. The average molecular weight is 533 g/mol. The first kappa shape index (κ1) is 30.0. The summed E-state index contributed by atoms with van der Waals surface area (Å²) in [6.07, 6.45) is 4.65. The van der Waals surface area contributed by atoms with Crippen molar-refractivity contribution in [1.29, 1.82) is 0 Å². The van der Waals surface area contributed by atoms with Gasteiger partial charge in [0.15, 0.2) is 11.5 Å². The lowest BCUT2D eigenvalue weighted by Crippen LogP contribution is -2.43. The first-order valence-electron chi connectivity index (χ1n) is 12.1. The van der Waals surface area contributed by atoms with E-state index in [2.05, 4.69) is 10.7 Å². The molecule has 9 nitrogen and oxygen atoms in total. The van der Waals surface area contributed by atoms with Gasteiger partial charge in [-0.25, -0.2) is 15.2 Å². The van der Waals surface area contributed by atoms with Crippen LogP contribution in [-0.4, -0.2) is 62.4 Å². The topological polar surface area (TPSA) is 92.4 Å². The lowest BCUT2D eigenvalue weighted by molar-refractivity contribution is 0.0713. The van der Waals surface area contributed by atoms with Crippen molar-refractivity contribution in [2.45, 2.75) is 38.8 Å². The summed E-state index contributed by atoms with van der Waals surface area (Å²) in [5.41, 5.74) is 5.30. The van der Waals surface area contributed by atoms with E-state index in [1.807, 2.05) is 57.1 Å². The van der Waals surface area contributed by atoms with Gasteiger partial charge in [-0.3, -0.25) is 10.1 Å². The number of rotatable bonds is 10. The molecule has 2 aromatic rings. The van der Waals surface area contributed by atoms with Gasteiger partial charge in [0.05, 0.1) is 25.9 Å². The molecule has 2 aromatic carbocycles. The van der Waals surface area contributed by atoms with Crippen LogP contribution in [0.25, 0.3) is 0 Å². The Labute approximate surface area is 225 Å². The van der Waals surface area contributed by atoms with Crippen molar-refractivity contribution in [2.75, 3.05) is 39.7 Å². The van der Waals surface area contributed by atoms with Gasteiger partial charge >= 0.3 is 6.09 Å². The first-order chi connectivity index (χ1) is 17.3. The molecule has 1 unspecified atom stereocenters. The number of hydrazine groups is 1. The van der Waals surface area contributed by atoms with E-state index in [4.69, 9.17) is 14.2 Å². The van der Waals surface area contributed by atoms with Crippen molar-refractivity contribution < 1.29 is 23.8 Å². The summed E-state index contributed by atoms with van der Waals surface area (Å²) in [5.74, 6) is 1.12. The summed E-state index contributed by atoms with van der Waals surface area (Å²) >= 11 is 0. The minimum Gasteiger partial charge on any atom is -0.493 e. The number of benzene rings is 2. The van der Waals surface area contributed by atoms with Gasteiger partial charge in [-0.15, -0.1) is 12.4 Å². The molecule has 2 N–H and O–H groups in total. The van der Waals surface area contributed by atoms with E-state index < -0.39 is 6.09 Å². The monoisotopic (exact) mass is 532 g/mol. The zero-order chi connectivity index (χ0) is 26.1. The maximum Gasteiger partial charge on any atom is 0.411 e. The number of carbonyl (C=O) groups is 2. The standard InChI is InChI=1S/C27H36N4O5.ClH/c1-19(2)36-25-18-21(11-14-24(25)34-5)23-8-6-16-31(29-23)26(32)20-9-12-22(13-10-20)28-27(33)35-17-7-15-30(3)4;/h6,9-14,16,18-19,23,29H,7-8,15,17H2,1-5H3,(H,28,33);1H. The number of methoxy groups -OCH3 is 1. The molecule has 0 saturated carbocycles. The molecule has 37 heavy (non-hydrogen) atoms. The van der Waals surface area contributed by atoms with Gasteiger partial charge in [0.1, 0.15) is 0 Å². The highest BCUT2D eigenvalue weighted by molar-refractivity contribution is 5.95. The van der Waals surface area contributed by atoms with Gasteiger partial charge in [0.2, 0.25) is 0 Å². The van der Waals surface area contributed by atoms with Crippen LogP contribution in [-0.2, 0) is 4.74 Å². The van der Waals surface area contributed by atoms with E-state index in [0.29, 0.717) is 29.4 Å². The molecule has 1 atom stereocenters. The van der Waals surface area contributed by atoms with E-state index in [1.54, 1.807) is 37.6 Å².